The smallest absolute Gasteiger partial charge is 0.319 e. The first-order chi connectivity index (χ1) is 10.2. The Kier molecular flexibility index (Phi) is 5.32. The maximum absolute atomic E-state index is 11.9. The molecule has 7 nitrogen and oxygen atoms in total. The molecule has 116 valence electrons. The van der Waals surface area contributed by atoms with Gasteiger partial charge in [-0.25, -0.2) is 4.98 Å². The summed E-state index contributed by atoms with van der Waals surface area (Å²) in [4.78, 5) is 22.1. The van der Waals surface area contributed by atoms with Crippen molar-refractivity contribution in [2.75, 3.05) is 41.0 Å². The monoisotopic (exact) mass is 295 g/mol. The fourth-order valence-electron chi connectivity index (χ4n) is 2.45. The summed E-state index contributed by atoms with van der Waals surface area (Å²) in [5, 5.41) is 0. The predicted molar refractivity (Wildman–Crippen MR) is 75.4 cm³/mol. The minimum Gasteiger partial charge on any atom is -0.481 e. The molecular formula is C14H21N3O4. The van der Waals surface area contributed by atoms with Crippen LogP contribution in [0.1, 0.15) is 12.1 Å². The highest BCUT2D eigenvalue weighted by atomic mass is 16.5. The molecule has 1 aromatic rings. The average molecular weight is 295 g/mol. The lowest BCUT2D eigenvalue weighted by molar-refractivity contribution is -0.128. The number of aromatic nitrogens is 2. The molecule has 0 N–H and O–H groups in total. The minimum atomic E-state index is 0.171. The quantitative estimate of drug-likeness (QED) is 0.730. The molecule has 1 saturated heterocycles. The molecular weight excluding hydrogens is 274 g/mol. The Balaban J connectivity index is 2.00. The molecule has 2 heterocycles. The van der Waals surface area contributed by atoms with Crippen LogP contribution < -0.4 is 9.47 Å². The third-order valence-corrected chi connectivity index (χ3v) is 3.48. The molecule has 0 bridgehead atoms. The number of amides is 1. The Hall–Kier alpha value is -1.89. The predicted octanol–water partition coefficient (Wildman–Crippen LogP) is 0.531. The van der Waals surface area contributed by atoms with Crippen molar-refractivity contribution < 1.29 is 19.0 Å². The van der Waals surface area contributed by atoms with E-state index in [1.165, 1.54) is 7.11 Å². The van der Waals surface area contributed by atoms with Gasteiger partial charge >= 0.3 is 6.01 Å². The van der Waals surface area contributed by atoms with Crippen LogP contribution in [0.4, 0.5) is 0 Å². The highest BCUT2D eigenvalue weighted by Crippen LogP contribution is 2.23. The summed E-state index contributed by atoms with van der Waals surface area (Å²) in [7, 11) is 4.71. The Labute approximate surface area is 124 Å². The molecule has 1 aliphatic rings. The molecule has 0 aromatic carbocycles. The van der Waals surface area contributed by atoms with Gasteiger partial charge < -0.3 is 19.1 Å². The number of ether oxygens (including phenoxy) is 3. The van der Waals surface area contributed by atoms with E-state index in [4.69, 9.17) is 14.2 Å². The highest BCUT2D eigenvalue weighted by molar-refractivity contribution is 5.78. The molecule has 0 unspecified atom stereocenters. The summed E-state index contributed by atoms with van der Waals surface area (Å²) in [6.45, 7) is 1.94. The third kappa shape index (κ3) is 4.04. The first-order valence-electron chi connectivity index (χ1n) is 6.89. The molecule has 0 saturated carbocycles. The van der Waals surface area contributed by atoms with Gasteiger partial charge in [-0.05, 0) is 12.3 Å². The second-order valence-electron chi connectivity index (χ2n) is 5.00. The van der Waals surface area contributed by atoms with Crippen molar-refractivity contribution in [2.24, 2.45) is 5.92 Å². The fraction of sp³-hybridized carbons (Fsp3) is 0.643. The number of carbonyl (C=O) groups excluding carboxylic acids is 1. The van der Waals surface area contributed by atoms with Crippen molar-refractivity contribution in [1.82, 2.24) is 14.9 Å². The van der Waals surface area contributed by atoms with Gasteiger partial charge in [-0.1, -0.05) is 0 Å². The third-order valence-electron chi connectivity index (χ3n) is 3.48. The van der Waals surface area contributed by atoms with Crippen molar-refractivity contribution in [3.05, 3.63) is 11.8 Å². The molecule has 1 atom stereocenters. The summed E-state index contributed by atoms with van der Waals surface area (Å²) < 4.78 is 15.2. The summed E-state index contributed by atoms with van der Waals surface area (Å²) in [5.74, 6) is 0.890. The summed E-state index contributed by atoms with van der Waals surface area (Å²) >= 11 is 0. The van der Waals surface area contributed by atoms with Crippen LogP contribution in [0.25, 0.3) is 0 Å². The van der Waals surface area contributed by atoms with Crippen molar-refractivity contribution in [2.45, 2.75) is 12.8 Å². The molecule has 0 aliphatic carbocycles. The van der Waals surface area contributed by atoms with E-state index in [-0.39, 0.29) is 17.8 Å². The van der Waals surface area contributed by atoms with E-state index in [9.17, 15) is 4.79 Å². The van der Waals surface area contributed by atoms with Gasteiger partial charge in [-0.3, -0.25) is 4.79 Å². The zero-order valence-electron chi connectivity index (χ0n) is 12.7. The van der Waals surface area contributed by atoms with Crippen LogP contribution in [-0.4, -0.2) is 61.8 Å². The molecule has 0 radical (unpaired) electrons. The van der Waals surface area contributed by atoms with E-state index >= 15 is 0 Å². The van der Waals surface area contributed by atoms with E-state index in [1.54, 1.807) is 20.3 Å². The van der Waals surface area contributed by atoms with Crippen molar-refractivity contribution in [3.8, 4) is 11.9 Å². The molecule has 7 heteroatoms. The lowest BCUT2D eigenvalue weighted by Gasteiger charge is -2.16. The minimum absolute atomic E-state index is 0.171. The first-order valence-corrected chi connectivity index (χ1v) is 6.89. The Morgan fingerprint density at radius 2 is 2.10 bits per heavy atom. The lowest BCUT2D eigenvalue weighted by atomic mass is 10.0. The van der Waals surface area contributed by atoms with Crippen molar-refractivity contribution >= 4 is 5.91 Å². The van der Waals surface area contributed by atoms with Gasteiger partial charge in [0.05, 0.1) is 26.5 Å². The molecule has 0 spiro atoms. The zero-order valence-corrected chi connectivity index (χ0v) is 12.7. The van der Waals surface area contributed by atoms with E-state index in [1.807, 2.05) is 4.90 Å². The van der Waals surface area contributed by atoms with Gasteiger partial charge in [0.1, 0.15) is 0 Å². The largest absolute Gasteiger partial charge is 0.481 e. The van der Waals surface area contributed by atoms with E-state index in [0.717, 1.165) is 12.2 Å². The maximum Gasteiger partial charge on any atom is 0.319 e. The summed E-state index contributed by atoms with van der Waals surface area (Å²) in [5.41, 5.74) is 0.824. The normalized spacial score (nSPS) is 18.1. The van der Waals surface area contributed by atoms with Gasteiger partial charge in [0.2, 0.25) is 11.8 Å². The second kappa shape index (κ2) is 7.21. The van der Waals surface area contributed by atoms with Crippen LogP contribution in [0.5, 0.6) is 11.9 Å². The molecule has 1 aromatic heterocycles. The molecule has 2 rings (SSSR count). The lowest BCUT2D eigenvalue weighted by Crippen LogP contribution is -2.29. The van der Waals surface area contributed by atoms with Crippen LogP contribution in [0.2, 0.25) is 0 Å². The molecule has 1 fully saturated rings. The molecule has 1 aliphatic heterocycles. The number of nitrogens with zero attached hydrogens (tertiary/aromatic N) is 3. The van der Waals surface area contributed by atoms with Gasteiger partial charge in [-0.2, -0.15) is 4.98 Å². The number of hydrogen-bond acceptors (Lipinski definition) is 6. The van der Waals surface area contributed by atoms with Crippen molar-refractivity contribution in [3.63, 3.8) is 0 Å². The van der Waals surface area contributed by atoms with Crippen LogP contribution >= 0.6 is 0 Å². The Morgan fingerprint density at radius 3 is 2.76 bits per heavy atom. The summed E-state index contributed by atoms with van der Waals surface area (Å²) in [6, 6.07) is 2.06. The van der Waals surface area contributed by atoms with Gasteiger partial charge in [-0.15, -0.1) is 0 Å². The summed E-state index contributed by atoms with van der Waals surface area (Å²) in [6.07, 6.45) is 1.24. The Morgan fingerprint density at radius 1 is 1.29 bits per heavy atom. The number of carbonyl (C=O) groups is 1. The van der Waals surface area contributed by atoms with Gasteiger partial charge in [0.25, 0.3) is 0 Å². The molecule has 1 amide bonds. The topological polar surface area (TPSA) is 73.8 Å². The van der Waals surface area contributed by atoms with Gasteiger partial charge in [0, 0.05) is 32.7 Å². The number of likely N-dealkylation sites (tertiary alicyclic amines) is 1. The van der Waals surface area contributed by atoms with E-state index in [0.29, 0.717) is 31.9 Å². The van der Waals surface area contributed by atoms with Crippen LogP contribution in [0, 0.1) is 5.92 Å². The SMILES string of the molecule is COCCN1C[C@@H](Cc2cc(OC)nc(OC)n2)CC1=O. The highest BCUT2D eigenvalue weighted by Gasteiger charge is 2.29. The second-order valence-corrected chi connectivity index (χ2v) is 5.00. The first kappa shape index (κ1) is 15.5. The van der Waals surface area contributed by atoms with Crippen LogP contribution in [0.15, 0.2) is 6.07 Å². The van der Waals surface area contributed by atoms with Gasteiger partial charge in [0.15, 0.2) is 0 Å². The molecule has 21 heavy (non-hydrogen) atoms. The average Bonchev–Trinajstić information content (AvgIpc) is 2.84. The van der Waals surface area contributed by atoms with Crippen LogP contribution in [0.3, 0.4) is 0 Å². The Bertz CT molecular complexity index is 473. The fourth-order valence-corrected chi connectivity index (χ4v) is 2.45. The van der Waals surface area contributed by atoms with E-state index in [2.05, 4.69) is 9.97 Å². The zero-order chi connectivity index (χ0) is 15.2. The van der Waals surface area contributed by atoms with E-state index < -0.39 is 0 Å². The number of hydrogen-bond donors (Lipinski definition) is 0. The van der Waals surface area contributed by atoms with Crippen LogP contribution in [-0.2, 0) is 16.0 Å². The maximum atomic E-state index is 11.9. The van der Waals surface area contributed by atoms with Crippen molar-refractivity contribution in [1.29, 1.82) is 0 Å². The number of methoxy groups -OCH3 is 3. The number of rotatable bonds is 7. The standard InChI is InChI=1S/C14H21N3O4/c1-19-5-4-17-9-10(7-13(17)18)6-11-8-12(20-2)16-14(15-11)21-3/h8,10H,4-7,9H2,1-3H3/t10-/m0/s1.